The van der Waals surface area contributed by atoms with E-state index in [1.807, 2.05) is 4.90 Å². The molecule has 1 aromatic carbocycles. The molecule has 30 heavy (non-hydrogen) atoms. The van der Waals surface area contributed by atoms with Crippen LogP contribution >= 0.6 is 0 Å². The number of hydrogen-bond donors (Lipinski definition) is 0. The number of alkyl halides is 2. The standard InChI is InChI=1S/C18H18F2N6O3S/c1-18(19,20)29-13-2-4-14(5-3-13)30(27,28)26-8-6-25(7-9-26)16-11-22-15-10-21-12-23-17(15)24-16/h2-5,10-12H,6-9H2,1H3. The summed E-state index contributed by atoms with van der Waals surface area (Å²) in [6.07, 6.45) is 1.23. The fourth-order valence-corrected chi connectivity index (χ4v) is 4.53. The Balaban J connectivity index is 1.44. The fourth-order valence-electron chi connectivity index (χ4n) is 3.10. The minimum Gasteiger partial charge on any atom is -0.433 e. The third kappa shape index (κ3) is 4.28. The lowest BCUT2D eigenvalue weighted by molar-refractivity contribution is -0.158. The Kier molecular flexibility index (Phi) is 5.20. The fraction of sp³-hybridized carbons (Fsp3) is 0.333. The summed E-state index contributed by atoms with van der Waals surface area (Å²) in [6, 6.07) is 4.95. The molecule has 3 aromatic rings. The van der Waals surface area contributed by atoms with Crippen molar-refractivity contribution in [3.8, 4) is 5.75 Å². The van der Waals surface area contributed by atoms with Crippen molar-refractivity contribution in [1.82, 2.24) is 24.2 Å². The first-order chi connectivity index (χ1) is 14.2. The lowest BCUT2D eigenvalue weighted by Crippen LogP contribution is -2.48. The number of halogens is 2. The molecule has 2 aromatic heterocycles. The van der Waals surface area contributed by atoms with Crippen molar-refractivity contribution >= 4 is 27.0 Å². The first kappa shape index (κ1) is 20.3. The van der Waals surface area contributed by atoms with Crippen LogP contribution in [0, 0.1) is 0 Å². The van der Waals surface area contributed by atoms with Crippen molar-refractivity contribution in [3.63, 3.8) is 0 Å². The van der Waals surface area contributed by atoms with Crippen LogP contribution in [-0.2, 0) is 10.0 Å². The molecule has 3 heterocycles. The van der Waals surface area contributed by atoms with Gasteiger partial charge in [0.1, 0.15) is 23.4 Å². The zero-order valence-corrected chi connectivity index (χ0v) is 16.8. The summed E-state index contributed by atoms with van der Waals surface area (Å²) in [4.78, 5) is 18.7. The van der Waals surface area contributed by atoms with Crippen LogP contribution < -0.4 is 9.64 Å². The zero-order valence-electron chi connectivity index (χ0n) is 15.9. The van der Waals surface area contributed by atoms with E-state index in [1.165, 1.54) is 34.9 Å². The molecule has 1 fully saturated rings. The van der Waals surface area contributed by atoms with Gasteiger partial charge in [-0.15, -0.1) is 0 Å². The van der Waals surface area contributed by atoms with Crippen molar-refractivity contribution in [2.24, 2.45) is 0 Å². The topological polar surface area (TPSA) is 101 Å². The number of hydrogen-bond acceptors (Lipinski definition) is 8. The molecule has 9 nitrogen and oxygen atoms in total. The molecule has 0 radical (unpaired) electrons. The van der Waals surface area contributed by atoms with Gasteiger partial charge in [-0.1, -0.05) is 0 Å². The predicted molar refractivity (Wildman–Crippen MR) is 104 cm³/mol. The second-order valence-corrected chi connectivity index (χ2v) is 8.67. The number of benzene rings is 1. The van der Waals surface area contributed by atoms with Gasteiger partial charge < -0.3 is 9.64 Å². The number of fused-ring (bicyclic) bond motifs is 1. The first-order valence-corrected chi connectivity index (χ1v) is 10.5. The van der Waals surface area contributed by atoms with Crippen molar-refractivity contribution in [2.75, 3.05) is 31.1 Å². The van der Waals surface area contributed by atoms with Gasteiger partial charge in [-0.3, -0.25) is 0 Å². The molecule has 0 saturated carbocycles. The molecule has 1 aliphatic rings. The Labute approximate surface area is 171 Å². The lowest BCUT2D eigenvalue weighted by atomic mass is 10.3. The van der Waals surface area contributed by atoms with Crippen LogP contribution in [0.5, 0.6) is 5.75 Å². The molecule has 0 aliphatic carbocycles. The molecule has 1 aliphatic heterocycles. The van der Waals surface area contributed by atoms with Gasteiger partial charge in [0.05, 0.1) is 17.3 Å². The smallest absolute Gasteiger partial charge is 0.394 e. The van der Waals surface area contributed by atoms with Crippen LogP contribution in [0.1, 0.15) is 6.92 Å². The highest BCUT2D eigenvalue weighted by molar-refractivity contribution is 7.89. The maximum atomic E-state index is 12.9. The van der Waals surface area contributed by atoms with Crippen LogP contribution in [0.3, 0.4) is 0 Å². The van der Waals surface area contributed by atoms with E-state index in [0.717, 1.165) is 0 Å². The average Bonchev–Trinajstić information content (AvgIpc) is 2.73. The van der Waals surface area contributed by atoms with Gasteiger partial charge >= 0.3 is 6.11 Å². The van der Waals surface area contributed by atoms with Gasteiger partial charge in [0.2, 0.25) is 10.0 Å². The molecule has 0 bridgehead atoms. The average molecular weight is 436 g/mol. The maximum Gasteiger partial charge on any atom is 0.394 e. The zero-order chi connectivity index (χ0) is 21.4. The van der Waals surface area contributed by atoms with Gasteiger partial charge in [-0.2, -0.15) is 13.1 Å². The summed E-state index contributed by atoms with van der Waals surface area (Å²) >= 11 is 0. The van der Waals surface area contributed by atoms with Crippen molar-refractivity contribution in [2.45, 2.75) is 17.9 Å². The van der Waals surface area contributed by atoms with Gasteiger partial charge in [0, 0.05) is 33.1 Å². The first-order valence-electron chi connectivity index (χ1n) is 9.07. The molecule has 0 N–H and O–H groups in total. The molecule has 0 amide bonds. The van der Waals surface area contributed by atoms with E-state index in [9.17, 15) is 17.2 Å². The molecule has 4 rings (SSSR count). The summed E-state index contributed by atoms with van der Waals surface area (Å²) < 4.78 is 57.4. The third-order valence-electron chi connectivity index (χ3n) is 4.53. The Morgan fingerprint density at radius 2 is 1.73 bits per heavy atom. The van der Waals surface area contributed by atoms with E-state index >= 15 is 0 Å². The molecule has 158 valence electrons. The van der Waals surface area contributed by atoms with E-state index in [-0.39, 0.29) is 23.7 Å². The summed E-state index contributed by atoms with van der Waals surface area (Å²) in [5.41, 5.74) is 1.05. The molecule has 1 saturated heterocycles. The normalized spacial score (nSPS) is 16.0. The molecule has 0 atom stereocenters. The Morgan fingerprint density at radius 3 is 2.40 bits per heavy atom. The number of piperazine rings is 1. The number of ether oxygens (including phenoxy) is 1. The molecular weight excluding hydrogens is 418 g/mol. The largest absolute Gasteiger partial charge is 0.433 e. The summed E-state index contributed by atoms with van der Waals surface area (Å²) in [5, 5.41) is 0. The number of sulfonamides is 1. The van der Waals surface area contributed by atoms with Crippen LogP contribution in [-0.4, -0.2) is 64.9 Å². The van der Waals surface area contributed by atoms with Crippen LogP contribution in [0.2, 0.25) is 0 Å². The van der Waals surface area contributed by atoms with Crippen LogP contribution in [0.15, 0.2) is 47.9 Å². The highest BCUT2D eigenvalue weighted by atomic mass is 32.2. The van der Waals surface area contributed by atoms with Gasteiger partial charge in [-0.05, 0) is 24.3 Å². The monoisotopic (exact) mass is 436 g/mol. The van der Waals surface area contributed by atoms with E-state index in [2.05, 4.69) is 24.7 Å². The number of aromatic nitrogens is 4. The van der Waals surface area contributed by atoms with Crippen molar-refractivity contribution in [3.05, 3.63) is 43.0 Å². The summed E-state index contributed by atoms with van der Waals surface area (Å²) in [5.74, 6) is 0.505. The summed E-state index contributed by atoms with van der Waals surface area (Å²) in [6.45, 7) is 1.96. The second kappa shape index (κ2) is 7.69. The summed E-state index contributed by atoms with van der Waals surface area (Å²) in [7, 11) is -3.76. The highest BCUT2D eigenvalue weighted by Gasteiger charge is 2.30. The minimum absolute atomic E-state index is 0.0184. The van der Waals surface area contributed by atoms with Crippen LogP contribution in [0.4, 0.5) is 14.6 Å². The van der Waals surface area contributed by atoms with Gasteiger partial charge in [0.15, 0.2) is 5.65 Å². The van der Waals surface area contributed by atoms with E-state index in [1.54, 1.807) is 12.4 Å². The van der Waals surface area contributed by atoms with Gasteiger partial charge in [-0.25, -0.2) is 28.4 Å². The number of anilines is 1. The SMILES string of the molecule is CC(F)(F)Oc1ccc(S(=O)(=O)N2CCN(c3cnc4cncnc4n3)CC2)cc1. The number of rotatable bonds is 5. The van der Waals surface area contributed by atoms with Crippen molar-refractivity contribution in [1.29, 1.82) is 0 Å². The van der Waals surface area contributed by atoms with Crippen LogP contribution in [0.25, 0.3) is 11.2 Å². The molecule has 0 spiro atoms. The maximum absolute atomic E-state index is 12.9. The Bertz CT molecular complexity index is 1150. The minimum atomic E-state index is -3.76. The molecule has 12 heteroatoms. The lowest BCUT2D eigenvalue weighted by Gasteiger charge is -2.34. The van der Waals surface area contributed by atoms with E-state index < -0.39 is 16.1 Å². The number of nitrogens with zero attached hydrogens (tertiary/aromatic N) is 6. The quantitative estimate of drug-likeness (QED) is 0.598. The van der Waals surface area contributed by atoms with E-state index in [0.29, 0.717) is 37.0 Å². The predicted octanol–water partition coefficient (Wildman–Crippen LogP) is 1.92. The Hall–Kier alpha value is -2.99. The molecule has 0 unspecified atom stereocenters. The third-order valence-corrected chi connectivity index (χ3v) is 6.45. The van der Waals surface area contributed by atoms with E-state index in [4.69, 9.17) is 0 Å². The van der Waals surface area contributed by atoms with Gasteiger partial charge in [0.25, 0.3) is 0 Å². The van der Waals surface area contributed by atoms with Crippen molar-refractivity contribution < 1.29 is 21.9 Å². The highest BCUT2D eigenvalue weighted by Crippen LogP contribution is 2.25. The molecular formula is C18H18F2N6O3S. The Morgan fingerprint density at radius 1 is 1.03 bits per heavy atom. The second-order valence-electron chi connectivity index (χ2n) is 6.73.